The Morgan fingerprint density at radius 2 is 2.00 bits per heavy atom. The van der Waals surface area contributed by atoms with Gasteiger partial charge in [-0.05, 0) is 25.5 Å². The van der Waals surface area contributed by atoms with Crippen molar-refractivity contribution < 1.29 is 4.79 Å². The number of hydrogen-bond acceptors (Lipinski definition) is 2. The van der Waals surface area contributed by atoms with Crippen LogP contribution in [0.2, 0.25) is 0 Å². The van der Waals surface area contributed by atoms with Crippen molar-refractivity contribution in [1.82, 2.24) is 9.78 Å². The molecule has 0 saturated carbocycles. The summed E-state index contributed by atoms with van der Waals surface area (Å²) in [5.41, 5.74) is 3.00. The van der Waals surface area contributed by atoms with E-state index in [-0.39, 0.29) is 6.03 Å². The highest BCUT2D eigenvalue weighted by Crippen LogP contribution is 2.16. The summed E-state index contributed by atoms with van der Waals surface area (Å²) in [6.07, 6.45) is 1.77. The van der Waals surface area contributed by atoms with Gasteiger partial charge in [-0.2, -0.15) is 5.10 Å². The van der Waals surface area contributed by atoms with Crippen LogP contribution in [0.5, 0.6) is 0 Å². The van der Waals surface area contributed by atoms with Gasteiger partial charge >= 0.3 is 6.03 Å². The van der Waals surface area contributed by atoms with E-state index in [9.17, 15) is 4.79 Å². The van der Waals surface area contributed by atoms with E-state index in [1.54, 1.807) is 24.0 Å². The number of carbonyl (C=O) groups is 1. The molecule has 0 fully saturated rings. The number of aryl methyl sites for hydroxylation is 3. The van der Waals surface area contributed by atoms with Crippen LogP contribution in [0.3, 0.4) is 0 Å². The van der Waals surface area contributed by atoms with Gasteiger partial charge in [0.2, 0.25) is 0 Å². The second-order valence-electron chi connectivity index (χ2n) is 4.27. The summed E-state index contributed by atoms with van der Waals surface area (Å²) in [5, 5.41) is 9.54. The van der Waals surface area contributed by atoms with Gasteiger partial charge in [-0.3, -0.25) is 10.00 Å². The molecule has 0 radical (unpaired) electrons. The van der Waals surface area contributed by atoms with Crippen molar-refractivity contribution in [3.05, 3.63) is 41.6 Å². The maximum Gasteiger partial charge on any atom is 0.324 e. The summed E-state index contributed by atoms with van der Waals surface area (Å²) < 4.78 is 1.63. The van der Waals surface area contributed by atoms with Crippen molar-refractivity contribution in [2.45, 2.75) is 13.8 Å². The number of aromatic nitrogens is 2. The smallest absolute Gasteiger partial charge is 0.307 e. The number of carbonyl (C=O) groups excluding carboxylic acids is 1. The Kier molecular flexibility index (Phi) is 3.32. The van der Waals surface area contributed by atoms with E-state index in [0.717, 1.165) is 11.3 Å². The molecule has 0 saturated heterocycles. The fourth-order valence-corrected chi connectivity index (χ4v) is 1.71. The van der Waals surface area contributed by atoms with Gasteiger partial charge < -0.3 is 5.32 Å². The SMILES string of the molecule is Cc1ccc(NC(=O)Nc2ccn(C)n2)c(C)c1. The van der Waals surface area contributed by atoms with E-state index < -0.39 is 0 Å². The van der Waals surface area contributed by atoms with Gasteiger partial charge in [0.25, 0.3) is 0 Å². The van der Waals surface area contributed by atoms with Gasteiger partial charge in [-0.25, -0.2) is 4.79 Å². The fraction of sp³-hybridized carbons (Fsp3) is 0.231. The van der Waals surface area contributed by atoms with Gasteiger partial charge in [-0.1, -0.05) is 17.7 Å². The number of anilines is 2. The lowest BCUT2D eigenvalue weighted by Gasteiger charge is -2.09. The first-order valence-electron chi connectivity index (χ1n) is 5.69. The van der Waals surface area contributed by atoms with E-state index in [2.05, 4.69) is 15.7 Å². The minimum atomic E-state index is -0.291. The van der Waals surface area contributed by atoms with Crippen LogP contribution in [-0.2, 0) is 7.05 Å². The predicted molar refractivity (Wildman–Crippen MR) is 71.8 cm³/mol. The van der Waals surface area contributed by atoms with Gasteiger partial charge in [0.1, 0.15) is 0 Å². The lowest BCUT2D eigenvalue weighted by Crippen LogP contribution is -2.20. The number of rotatable bonds is 2. The summed E-state index contributed by atoms with van der Waals surface area (Å²) in [7, 11) is 1.80. The summed E-state index contributed by atoms with van der Waals surface area (Å²) >= 11 is 0. The Hall–Kier alpha value is -2.30. The maximum atomic E-state index is 11.8. The van der Waals surface area contributed by atoms with E-state index in [1.165, 1.54) is 5.56 Å². The summed E-state index contributed by atoms with van der Waals surface area (Å²) in [5.74, 6) is 0.528. The molecule has 0 aliphatic heterocycles. The number of nitrogens with zero attached hydrogens (tertiary/aromatic N) is 2. The molecule has 2 amide bonds. The van der Waals surface area contributed by atoms with E-state index in [4.69, 9.17) is 0 Å². The number of benzene rings is 1. The van der Waals surface area contributed by atoms with Crippen molar-refractivity contribution in [2.24, 2.45) is 7.05 Å². The zero-order valence-electron chi connectivity index (χ0n) is 10.7. The van der Waals surface area contributed by atoms with Gasteiger partial charge in [-0.15, -0.1) is 0 Å². The first-order valence-corrected chi connectivity index (χ1v) is 5.69. The largest absolute Gasteiger partial charge is 0.324 e. The molecular formula is C13H16N4O. The molecule has 0 atom stereocenters. The van der Waals surface area contributed by atoms with Crippen molar-refractivity contribution in [2.75, 3.05) is 10.6 Å². The first-order chi connectivity index (χ1) is 8.54. The maximum absolute atomic E-state index is 11.8. The average Bonchev–Trinajstić information content (AvgIpc) is 2.68. The number of nitrogens with one attached hydrogen (secondary N) is 2. The lowest BCUT2D eigenvalue weighted by atomic mass is 10.1. The molecule has 1 aromatic carbocycles. The van der Waals surface area contributed by atoms with Crippen LogP contribution in [0.4, 0.5) is 16.3 Å². The molecule has 2 N–H and O–H groups in total. The fourth-order valence-electron chi connectivity index (χ4n) is 1.71. The summed E-state index contributed by atoms with van der Waals surface area (Å²) in [6.45, 7) is 3.98. The molecule has 1 aromatic heterocycles. The number of urea groups is 1. The highest BCUT2D eigenvalue weighted by molar-refractivity contribution is 5.99. The highest BCUT2D eigenvalue weighted by Gasteiger charge is 2.06. The van der Waals surface area contributed by atoms with Crippen molar-refractivity contribution in [3.8, 4) is 0 Å². The minimum absolute atomic E-state index is 0.291. The van der Waals surface area contributed by atoms with E-state index in [0.29, 0.717) is 5.82 Å². The molecule has 2 aromatic rings. The monoisotopic (exact) mass is 244 g/mol. The Morgan fingerprint density at radius 1 is 1.22 bits per heavy atom. The van der Waals surface area contributed by atoms with Crippen LogP contribution in [0.1, 0.15) is 11.1 Å². The topological polar surface area (TPSA) is 59.0 Å². The Morgan fingerprint density at radius 3 is 2.61 bits per heavy atom. The van der Waals surface area contributed by atoms with Gasteiger partial charge in [0.15, 0.2) is 5.82 Å². The molecule has 0 bridgehead atoms. The minimum Gasteiger partial charge on any atom is -0.307 e. The van der Waals surface area contributed by atoms with Crippen molar-refractivity contribution >= 4 is 17.5 Å². The van der Waals surface area contributed by atoms with Crippen LogP contribution in [0.15, 0.2) is 30.5 Å². The standard InChI is InChI=1S/C13H16N4O/c1-9-4-5-11(10(2)8-9)14-13(18)15-12-6-7-17(3)16-12/h4-8H,1-3H3,(H2,14,15,16,18). The average molecular weight is 244 g/mol. The molecule has 0 aliphatic carbocycles. The molecule has 5 nitrogen and oxygen atoms in total. The summed E-state index contributed by atoms with van der Waals surface area (Å²) in [6, 6.07) is 7.32. The molecule has 0 aliphatic rings. The normalized spacial score (nSPS) is 10.2. The number of hydrogen-bond donors (Lipinski definition) is 2. The third kappa shape index (κ3) is 2.88. The predicted octanol–water partition coefficient (Wildman–Crippen LogP) is 2.68. The van der Waals surface area contributed by atoms with Crippen molar-refractivity contribution in [3.63, 3.8) is 0 Å². The van der Waals surface area contributed by atoms with Gasteiger partial charge in [0, 0.05) is 25.0 Å². The molecule has 1 heterocycles. The highest BCUT2D eigenvalue weighted by atomic mass is 16.2. The third-order valence-electron chi connectivity index (χ3n) is 2.59. The third-order valence-corrected chi connectivity index (χ3v) is 2.59. The Balaban J connectivity index is 2.03. The molecule has 0 spiro atoms. The molecule has 2 rings (SSSR count). The quantitative estimate of drug-likeness (QED) is 0.853. The van der Waals surface area contributed by atoms with E-state index >= 15 is 0 Å². The first kappa shape index (κ1) is 12.2. The zero-order valence-corrected chi connectivity index (χ0v) is 10.7. The molecule has 94 valence electrons. The van der Waals surface area contributed by atoms with Crippen LogP contribution < -0.4 is 10.6 Å². The van der Waals surface area contributed by atoms with Crippen LogP contribution in [0, 0.1) is 13.8 Å². The molecule has 5 heteroatoms. The second kappa shape index (κ2) is 4.91. The lowest BCUT2D eigenvalue weighted by molar-refractivity contribution is 0.262. The van der Waals surface area contributed by atoms with Crippen LogP contribution >= 0.6 is 0 Å². The molecular weight excluding hydrogens is 228 g/mol. The van der Waals surface area contributed by atoms with Crippen molar-refractivity contribution in [1.29, 1.82) is 0 Å². The second-order valence-corrected chi connectivity index (χ2v) is 4.27. The molecule has 0 unspecified atom stereocenters. The van der Waals surface area contributed by atoms with Crippen LogP contribution in [0.25, 0.3) is 0 Å². The van der Waals surface area contributed by atoms with E-state index in [1.807, 2.05) is 32.0 Å². The summed E-state index contributed by atoms with van der Waals surface area (Å²) in [4.78, 5) is 11.8. The van der Waals surface area contributed by atoms with Crippen LogP contribution in [-0.4, -0.2) is 15.8 Å². The Labute approximate surface area is 106 Å². The zero-order chi connectivity index (χ0) is 13.1. The molecule has 18 heavy (non-hydrogen) atoms. The van der Waals surface area contributed by atoms with Gasteiger partial charge in [0.05, 0.1) is 0 Å². The number of amides is 2. The Bertz CT molecular complexity index is 574.